The van der Waals surface area contributed by atoms with E-state index < -0.39 is 0 Å². The highest BCUT2D eigenvalue weighted by atomic mass is 16.2. The second-order valence-electron chi connectivity index (χ2n) is 6.27. The Morgan fingerprint density at radius 2 is 1.65 bits per heavy atom. The molecule has 4 rings (SSSR count). The van der Waals surface area contributed by atoms with Crippen LogP contribution < -0.4 is 4.90 Å². The molecule has 0 fully saturated rings. The van der Waals surface area contributed by atoms with Crippen molar-refractivity contribution in [3.63, 3.8) is 0 Å². The molecule has 0 bridgehead atoms. The van der Waals surface area contributed by atoms with Gasteiger partial charge in [-0.2, -0.15) is 0 Å². The highest BCUT2D eigenvalue weighted by Crippen LogP contribution is 2.30. The van der Waals surface area contributed by atoms with E-state index in [-0.39, 0.29) is 5.91 Å². The van der Waals surface area contributed by atoms with Crippen molar-refractivity contribution >= 4 is 17.2 Å². The molecule has 0 aliphatic carbocycles. The number of aromatic nitrogens is 2. The Bertz CT molecular complexity index is 1080. The molecule has 2 heterocycles. The summed E-state index contributed by atoms with van der Waals surface area (Å²) in [5, 5.41) is 0. The van der Waals surface area contributed by atoms with Crippen LogP contribution in [0.4, 0.5) is 5.69 Å². The van der Waals surface area contributed by atoms with Gasteiger partial charge in [0.15, 0.2) is 0 Å². The van der Waals surface area contributed by atoms with Crippen LogP contribution in [-0.4, -0.2) is 22.3 Å². The average Bonchev–Trinajstić information content (AvgIpc) is 3.13. The van der Waals surface area contributed by atoms with E-state index in [9.17, 15) is 4.79 Å². The van der Waals surface area contributed by atoms with Crippen LogP contribution in [0.2, 0.25) is 0 Å². The number of anilines is 1. The third-order valence-electron chi connectivity index (χ3n) is 4.57. The van der Waals surface area contributed by atoms with Crippen LogP contribution in [0.15, 0.2) is 79.0 Å². The predicted octanol–water partition coefficient (Wildman–Crippen LogP) is 4.59. The number of hydrogen-bond donors (Lipinski definition) is 0. The predicted molar refractivity (Wildman–Crippen MR) is 105 cm³/mol. The first-order valence-corrected chi connectivity index (χ1v) is 8.52. The van der Waals surface area contributed by atoms with Gasteiger partial charge in [0, 0.05) is 24.5 Å². The molecule has 0 saturated heterocycles. The standard InChI is InChI=1S/C22H19N3O/c1-16-9-8-14-21-23-19(15-25(16)21)22(26)24(2)20-13-7-6-12-18(20)17-10-4-3-5-11-17/h3-15H,1-2H3. The number of aryl methyl sites for hydroxylation is 1. The Balaban J connectivity index is 1.75. The van der Waals surface area contributed by atoms with E-state index in [1.807, 2.05) is 84.1 Å². The van der Waals surface area contributed by atoms with E-state index >= 15 is 0 Å². The molecular formula is C22H19N3O. The zero-order valence-electron chi connectivity index (χ0n) is 14.8. The maximum absolute atomic E-state index is 13.1. The fourth-order valence-corrected chi connectivity index (χ4v) is 3.16. The summed E-state index contributed by atoms with van der Waals surface area (Å²) >= 11 is 0. The minimum atomic E-state index is -0.128. The third kappa shape index (κ3) is 2.75. The molecule has 2 aromatic carbocycles. The van der Waals surface area contributed by atoms with Crippen molar-refractivity contribution in [1.29, 1.82) is 0 Å². The molecule has 0 spiro atoms. The van der Waals surface area contributed by atoms with Crippen LogP contribution in [0.25, 0.3) is 16.8 Å². The number of amides is 1. The number of carbonyl (C=O) groups excluding carboxylic acids is 1. The van der Waals surface area contributed by atoms with Crippen LogP contribution in [0.5, 0.6) is 0 Å². The van der Waals surface area contributed by atoms with Gasteiger partial charge in [0.1, 0.15) is 11.3 Å². The number of hydrogen-bond acceptors (Lipinski definition) is 2. The molecule has 4 nitrogen and oxygen atoms in total. The fraction of sp³-hybridized carbons (Fsp3) is 0.0909. The summed E-state index contributed by atoms with van der Waals surface area (Å²) in [6.45, 7) is 2.00. The Morgan fingerprint density at radius 3 is 2.42 bits per heavy atom. The van der Waals surface area contributed by atoms with Crippen LogP contribution in [0.3, 0.4) is 0 Å². The van der Waals surface area contributed by atoms with Crippen LogP contribution in [0, 0.1) is 6.92 Å². The molecule has 0 N–H and O–H groups in total. The highest BCUT2D eigenvalue weighted by Gasteiger charge is 2.19. The quantitative estimate of drug-likeness (QED) is 0.547. The number of carbonyl (C=O) groups is 1. The highest BCUT2D eigenvalue weighted by molar-refractivity contribution is 6.06. The molecule has 0 aliphatic heterocycles. The number of para-hydroxylation sites is 1. The molecule has 4 aromatic rings. The number of imidazole rings is 1. The van der Waals surface area contributed by atoms with Crippen LogP contribution >= 0.6 is 0 Å². The molecule has 1 amide bonds. The lowest BCUT2D eigenvalue weighted by Crippen LogP contribution is -2.27. The summed E-state index contributed by atoms with van der Waals surface area (Å²) in [4.78, 5) is 19.2. The van der Waals surface area contributed by atoms with Gasteiger partial charge in [-0.05, 0) is 30.7 Å². The van der Waals surface area contributed by atoms with Crippen molar-refractivity contribution in [2.75, 3.05) is 11.9 Å². The molecule has 26 heavy (non-hydrogen) atoms. The van der Waals surface area contributed by atoms with Gasteiger partial charge >= 0.3 is 0 Å². The zero-order chi connectivity index (χ0) is 18.1. The fourth-order valence-electron chi connectivity index (χ4n) is 3.16. The van der Waals surface area contributed by atoms with Crippen molar-refractivity contribution < 1.29 is 4.79 Å². The van der Waals surface area contributed by atoms with Gasteiger partial charge in [0.2, 0.25) is 0 Å². The minimum Gasteiger partial charge on any atom is -0.309 e. The molecular weight excluding hydrogens is 322 g/mol. The van der Waals surface area contributed by atoms with E-state index in [2.05, 4.69) is 4.98 Å². The molecule has 4 heteroatoms. The molecule has 0 radical (unpaired) electrons. The summed E-state index contributed by atoms with van der Waals surface area (Å²) in [6.07, 6.45) is 1.80. The molecule has 128 valence electrons. The second-order valence-corrected chi connectivity index (χ2v) is 6.27. The summed E-state index contributed by atoms with van der Waals surface area (Å²) in [6, 6.07) is 23.8. The topological polar surface area (TPSA) is 37.6 Å². The van der Waals surface area contributed by atoms with Gasteiger partial charge in [-0.25, -0.2) is 4.98 Å². The average molecular weight is 341 g/mol. The SMILES string of the molecule is Cc1cccc2nc(C(=O)N(C)c3ccccc3-c3ccccc3)cn12. The van der Waals surface area contributed by atoms with Crippen molar-refractivity contribution in [2.45, 2.75) is 6.92 Å². The number of nitrogens with zero attached hydrogens (tertiary/aromatic N) is 3. The first-order chi connectivity index (χ1) is 12.6. The van der Waals surface area contributed by atoms with E-state index in [1.165, 1.54) is 0 Å². The van der Waals surface area contributed by atoms with Crippen molar-refractivity contribution in [2.24, 2.45) is 0 Å². The van der Waals surface area contributed by atoms with Crippen LogP contribution in [0.1, 0.15) is 16.2 Å². The first kappa shape index (κ1) is 16.1. The summed E-state index contributed by atoms with van der Waals surface area (Å²) in [5.74, 6) is -0.128. The van der Waals surface area contributed by atoms with Crippen molar-refractivity contribution in [1.82, 2.24) is 9.38 Å². The lowest BCUT2D eigenvalue weighted by Gasteiger charge is -2.20. The number of rotatable bonds is 3. The van der Waals surface area contributed by atoms with E-state index in [0.29, 0.717) is 5.69 Å². The van der Waals surface area contributed by atoms with Crippen molar-refractivity contribution in [3.05, 3.63) is 90.4 Å². The molecule has 0 atom stereocenters. The Morgan fingerprint density at radius 1 is 0.923 bits per heavy atom. The van der Waals surface area contributed by atoms with Crippen molar-refractivity contribution in [3.8, 4) is 11.1 Å². The number of fused-ring (bicyclic) bond motifs is 1. The Kier molecular flexibility index (Phi) is 4.01. The Hall–Kier alpha value is -3.40. The minimum absolute atomic E-state index is 0.128. The lowest BCUT2D eigenvalue weighted by atomic mass is 10.0. The largest absolute Gasteiger partial charge is 0.309 e. The van der Waals surface area contributed by atoms with Gasteiger partial charge < -0.3 is 9.30 Å². The van der Waals surface area contributed by atoms with Gasteiger partial charge in [-0.15, -0.1) is 0 Å². The lowest BCUT2D eigenvalue weighted by molar-refractivity contribution is 0.0989. The third-order valence-corrected chi connectivity index (χ3v) is 4.57. The summed E-state index contributed by atoms with van der Waals surface area (Å²) in [7, 11) is 1.79. The van der Waals surface area contributed by atoms with Crippen LogP contribution in [-0.2, 0) is 0 Å². The van der Waals surface area contributed by atoms with Gasteiger partial charge in [-0.3, -0.25) is 4.79 Å². The van der Waals surface area contributed by atoms with Gasteiger partial charge in [-0.1, -0.05) is 54.6 Å². The van der Waals surface area contributed by atoms with E-state index in [0.717, 1.165) is 28.2 Å². The summed E-state index contributed by atoms with van der Waals surface area (Å²) in [5.41, 5.74) is 5.21. The van der Waals surface area contributed by atoms with E-state index in [4.69, 9.17) is 0 Å². The first-order valence-electron chi connectivity index (χ1n) is 8.52. The molecule has 0 unspecified atom stereocenters. The maximum Gasteiger partial charge on any atom is 0.278 e. The number of pyridine rings is 1. The molecule has 0 saturated carbocycles. The summed E-state index contributed by atoms with van der Waals surface area (Å²) < 4.78 is 1.93. The maximum atomic E-state index is 13.1. The molecule has 0 aliphatic rings. The smallest absolute Gasteiger partial charge is 0.278 e. The van der Waals surface area contributed by atoms with E-state index in [1.54, 1.807) is 18.1 Å². The second kappa shape index (κ2) is 6.48. The number of benzene rings is 2. The normalized spacial score (nSPS) is 10.8. The van der Waals surface area contributed by atoms with Gasteiger partial charge in [0.25, 0.3) is 5.91 Å². The molecule has 2 aromatic heterocycles. The zero-order valence-corrected chi connectivity index (χ0v) is 14.8. The Labute approximate surface area is 152 Å². The monoisotopic (exact) mass is 341 g/mol. The van der Waals surface area contributed by atoms with Gasteiger partial charge in [0.05, 0.1) is 5.69 Å².